The molecule has 3 heterocycles. The van der Waals surface area contributed by atoms with Gasteiger partial charge in [-0.1, -0.05) is 238 Å². The van der Waals surface area contributed by atoms with E-state index in [2.05, 4.69) is 325 Å². The van der Waals surface area contributed by atoms with Crippen molar-refractivity contribution in [3.8, 4) is 50.9 Å². The van der Waals surface area contributed by atoms with Crippen LogP contribution in [0.1, 0.15) is 102 Å². The van der Waals surface area contributed by atoms with Gasteiger partial charge in [-0.2, -0.15) is 0 Å². The predicted octanol–water partition coefficient (Wildman–Crippen LogP) is 18.4. The van der Waals surface area contributed by atoms with Crippen LogP contribution in [0, 0.1) is 6.33 Å². The van der Waals surface area contributed by atoms with Crippen LogP contribution in [0.2, 0.25) is 0 Å². The van der Waals surface area contributed by atoms with Gasteiger partial charge in [0.05, 0.1) is 33.8 Å². The third kappa shape index (κ3) is 9.51. The van der Waals surface area contributed by atoms with Crippen molar-refractivity contribution >= 4 is 21.8 Å². The predicted molar refractivity (Wildman–Crippen MR) is 330 cm³/mol. The molecular formula is C75H68N4O. The van der Waals surface area contributed by atoms with Gasteiger partial charge < -0.3 is 4.74 Å². The second-order valence-electron chi connectivity index (χ2n) is 23.9. The minimum atomic E-state index is -0.561. The third-order valence-corrected chi connectivity index (χ3v) is 16.5. The molecule has 0 aliphatic heterocycles. The van der Waals surface area contributed by atoms with Gasteiger partial charge in [0.15, 0.2) is 0 Å². The molecule has 0 N–H and O–H groups in total. The normalized spacial score (nSPS) is 12.3. The zero-order valence-electron chi connectivity index (χ0n) is 47.4. The van der Waals surface area contributed by atoms with Crippen molar-refractivity contribution in [2.45, 2.75) is 84.0 Å². The molecule has 0 saturated heterocycles. The lowest BCUT2D eigenvalue weighted by molar-refractivity contribution is -0.611. The molecule has 0 amide bonds. The van der Waals surface area contributed by atoms with E-state index in [0.717, 1.165) is 78.4 Å². The summed E-state index contributed by atoms with van der Waals surface area (Å²) in [6.07, 6.45) is 6.08. The van der Waals surface area contributed by atoms with Crippen LogP contribution in [0.3, 0.4) is 0 Å². The summed E-state index contributed by atoms with van der Waals surface area (Å²) in [5, 5.41) is 2.30. The van der Waals surface area contributed by atoms with Crippen molar-refractivity contribution in [3.63, 3.8) is 0 Å². The fourth-order valence-electron chi connectivity index (χ4n) is 11.8. The largest absolute Gasteiger partial charge is 0.458 e. The number of benzene rings is 9. The maximum Gasteiger partial charge on any atom is 0.269 e. The standard InChI is InChI=1S/C75H68N4O/c1-72(2,3)59-41-42-76-69(48-59)79-67-38-26-25-37-65(67)66-40-39-63(50-68(66)79)80-64-46-55(53-29-17-11-18-30-53)45-62(49-64)78-51-77(70(74(6,7)57-33-21-13-22-34-57)71(78)75(8,9)58-35-23-14-24-36-58)61-44-54(52-27-15-10-16-28-52)43-60(47-61)73(4,5)56-31-19-12-20-32-56/h10-50H,1-9H3. The lowest BCUT2D eigenvalue weighted by Crippen LogP contribution is -2.43. The van der Waals surface area contributed by atoms with E-state index in [9.17, 15) is 0 Å². The van der Waals surface area contributed by atoms with E-state index in [4.69, 9.17) is 9.72 Å². The van der Waals surface area contributed by atoms with Gasteiger partial charge in [-0.25, -0.2) is 4.98 Å². The number of hydrogen-bond donors (Lipinski definition) is 0. The van der Waals surface area contributed by atoms with Crippen molar-refractivity contribution in [3.05, 3.63) is 294 Å². The number of nitrogens with zero attached hydrogens (tertiary/aromatic N) is 4. The molecule has 0 atom stereocenters. The Morgan fingerprint density at radius 2 is 0.938 bits per heavy atom. The molecule has 0 radical (unpaired) electrons. The molecule has 12 rings (SSSR count). The van der Waals surface area contributed by atoms with Crippen LogP contribution in [0.25, 0.3) is 61.3 Å². The molecule has 0 aliphatic carbocycles. The second kappa shape index (κ2) is 20.3. The van der Waals surface area contributed by atoms with Crippen molar-refractivity contribution in [2.24, 2.45) is 0 Å². The molecule has 80 heavy (non-hydrogen) atoms. The molecule has 3 aromatic heterocycles. The number of ether oxygens (including phenoxy) is 1. The first-order valence-electron chi connectivity index (χ1n) is 27.9. The molecule has 0 saturated carbocycles. The van der Waals surface area contributed by atoms with Gasteiger partial charge in [0.25, 0.3) is 6.33 Å². The zero-order valence-corrected chi connectivity index (χ0v) is 47.4. The van der Waals surface area contributed by atoms with E-state index in [1.54, 1.807) is 0 Å². The highest BCUT2D eigenvalue weighted by Gasteiger charge is 2.40. The summed E-state index contributed by atoms with van der Waals surface area (Å²) in [5.41, 5.74) is 15.3. The smallest absolute Gasteiger partial charge is 0.269 e. The minimum absolute atomic E-state index is 0.0503. The van der Waals surface area contributed by atoms with Crippen LogP contribution in [-0.4, -0.2) is 14.1 Å². The summed E-state index contributed by atoms with van der Waals surface area (Å²) in [6, 6.07) is 87.3. The van der Waals surface area contributed by atoms with E-state index >= 15 is 0 Å². The van der Waals surface area contributed by atoms with Crippen LogP contribution in [0.15, 0.2) is 249 Å². The lowest BCUT2D eigenvalue weighted by Gasteiger charge is -2.35. The number of pyridine rings is 1. The van der Waals surface area contributed by atoms with Crippen molar-refractivity contribution in [2.75, 3.05) is 0 Å². The Bertz CT molecular complexity index is 4180. The summed E-state index contributed by atoms with van der Waals surface area (Å²) in [5.74, 6) is 2.30. The van der Waals surface area contributed by atoms with Gasteiger partial charge >= 0.3 is 0 Å². The van der Waals surface area contributed by atoms with Crippen LogP contribution >= 0.6 is 0 Å². The summed E-state index contributed by atoms with van der Waals surface area (Å²) in [7, 11) is 0. The lowest BCUT2D eigenvalue weighted by atomic mass is 9.73. The number of fused-ring (bicyclic) bond motifs is 3. The van der Waals surface area contributed by atoms with Gasteiger partial charge in [-0.15, -0.1) is 0 Å². The third-order valence-electron chi connectivity index (χ3n) is 16.5. The SMILES string of the molecule is CC(C)(C)c1ccnc(-n2c3ccccc3c3ccc(Oc4cc(-c5ccccc5)cc(-n5[c-][n+](-c6cc(-c7ccccc7)cc(C(C)(C)c7ccccc7)c6)c(C(C)(C)c6ccccc6)c5C(C)(C)c5ccccc5)c4)cc32)c1. The highest BCUT2D eigenvalue weighted by molar-refractivity contribution is 6.09. The molecule has 0 fully saturated rings. The summed E-state index contributed by atoms with van der Waals surface area (Å²) in [4.78, 5) is 4.98. The second-order valence-corrected chi connectivity index (χ2v) is 23.9. The fourth-order valence-corrected chi connectivity index (χ4v) is 11.8. The zero-order chi connectivity index (χ0) is 55.4. The number of aromatic nitrogens is 4. The average molecular weight is 1040 g/mol. The maximum absolute atomic E-state index is 7.24. The fraction of sp³-hybridized carbons (Fsp3) is 0.173. The summed E-state index contributed by atoms with van der Waals surface area (Å²) in [6.45, 7) is 20.9. The minimum Gasteiger partial charge on any atom is -0.458 e. The Morgan fingerprint density at radius 1 is 0.400 bits per heavy atom. The summed E-state index contributed by atoms with van der Waals surface area (Å²) >= 11 is 0. The molecule has 394 valence electrons. The molecule has 5 heteroatoms. The Kier molecular flexibility index (Phi) is 13.1. The van der Waals surface area contributed by atoms with Gasteiger partial charge in [0, 0.05) is 39.3 Å². The number of para-hydroxylation sites is 1. The number of imidazole rings is 1. The molecule has 12 aromatic rings. The molecule has 9 aromatic carbocycles. The van der Waals surface area contributed by atoms with Crippen molar-refractivity contribution in [1.82, 2.24) is 14.1 Å². The number of rotatable bonds is 13. The molecular weight excluding hydrogens is 973 g/mol. The van der Waals surface area contributed by atoms with Crippen LogP contribution < -0.4 is 9.30 Å². The summed E-state index contributed by atoms with van der Waals surface area (Å²) < 4.78 is 14.2. The first-order chi connectivity index (χ1) is 38.6. The van der Waals surface area contributed by atoms with E-state index in [1.807, 2.05) is 6.20 Å². The first-order valence-corrected chi connectivity index (χ1v) is 27.9. The van der Waals surface area contributed by atoms with Crippen LogP contribution in [0.5, 0.6) is 11.5 Å². The van der Waals surface area contributed by atoms with E-state index in [-0.39, 0.29) is 10.8 Å². The first kappa shape index (κ1) is 51.7. The van der Waals surface area contributed by atoms with Crippen molar-refractivity contribution < 1.29 is 9.30 Å². The topological polar surface area (TPSA) is 35.9 Å². The van der Waals surface area contributed by atoms with Gasteiger partial charge in [-0.05, 0) is 116 Å². The average Bonchev–Trinajstić information content (AvgIpc) is 4.16. The van der Waals surface area contributed by atoms with Gasteiger partial charge in [0.2, 0.25) is 0 Å². The van der Waals surface area contributed by atoms with Gasteiger partial charge in [-0.3, -0.25) is 13.7 Å². The molecule has 0 aliphatic rings. The Balaban J connectivity index is 1.13. The van der Waals surface area contributed by atoms with E-state index in [1.165, 1.54) is 27.8 Å². The Hall–Kier alpha value is -9.06. The van der Waals surface area contributed by atoms with Crippen molar-refractivity contribution in [1.29, 1.82) is 0 Å². The molecule has 0 unspecified atom stereocenters. The van der Waals surface area contributed by atoms with Gasteiger partial charge in [0.1, 0.15) is 17.3 Å². The Labute approximate surface area is 472 Å². The highest BCUT2D eigenvalue weighted by atomic mass is 16.5. The van der Waals surface area contributed by atoms with E-state index < -0.39 is 10.8 Å². The Morgan fingerprint density at radius 3 is 1.55 bits per heavy atom. The van der Waals surface area contributed by atoms with Crippen LogP contribution in [0.4, 0.5) is 0 Å². The quantitative estimate of drug-likeness (QED) is 0.0852. The highest BCUT2D eigenvalue weighted by Crippen LogP contribution is 2.45. The molecule has 0 bridgehead atoms. The molecule has 5 nitrogen and oxygen atoms in total. The monoisotopic (exact) mass is 1040 g/mol. The maximum atomic E-state index is 7.24. The number of hydrogen-bond acceptors (Lipinski definition) is 2. The molecule has 0 spiro atoms. The van der Waals surface area contributed by atoms with E-state index in [0.29, 0.717) is 5.75 Å². The van der Waals surface area contributed by atoms with Crippen LogP contribution in [-0.2, 0) is 21.7 Å².